The molecule has 20 heavy (non-hydrogen) atoms. The molecule has 1 N–H and O–H groups in total. The molecule has 0 fully saturated rings. The van der Waals surface area contributed by atoms with Crippen LogP contribution in [-0.2, 0) is 6.54 Å². The number of benzene rings is 2. The summed E-state index contributed by atoms with van der Waals surface area (Å²) in [7, 11) is 0. The SMILES string of the molecule is Fc1ccc(Cl)c(CNc2ccccc2SC(F)F)c1. The molecule has 0 radical (unpaired) electrons. The highest BCUT2D eigenvalue weighted by Crippen LogP contribution is 2.32. The highest BCUT2D eigenvalue weighted by Gasteiger charge is 2.10. The molecule has 0 aliphatic heterocycles. The van der Waals surface area contributed by atoms with Crippen LogP contribution in [0, 0.1) is 5.82 Å². The van der Waals surface area contributed by atoms with Crippen LogP contribution in [0.2, 0.25) is 5.02 Å². The molecule has 0 spiro atoms. The van der Waals surface area contributed by atoms with Gasteiger partial charge in [0.05, 0.1) is 0 Å². The van der Waals surface area contributed by atoms with Crippen LogP contribution < -0.4 is 5.32 Å². The molecule has 2 aromatic rings. The zero-order valence-corrected chi connectivity index (χ0v) is 11.8. The number of anilines is 1. The number of hydrogen-bond donors (Lipinski definition) is 1. The minimum absolute atomic E-state index is 0.261. The minimum atomic E-state index is -2.49. The van der Waals surface area contributed by atoms with Crippen molar-refractivity contribution in [2.24, 2.45) is 0 Å². The van der Waals surface area contributed by atoms with Crippen molar-refractivity contribution in [2.75, 3.05) is 5.32 Å². The van der Waals surface area contributed by atoms with Crippen LogP contribution in [0.3, 0.4) is 0 Å². The standard InChI is InChI=1S/C14H11ClF3NS/c15-11-6-5-10(16)7-9(11)8-19-12-3-1-2-4-13(12)20-14(17)18/h1-7,14,19H,8H2. The van der Waals surface area contributed by atoms with Gasteiger partial charge in [-0.25, -0.2) is 4.39 Å². The lowest BCUT2D eigenvalue weighted by Gasteiger charge is -2.12. The Bertz CT molecular complexity index is 592. The summed E-state index contributed by atoms with van der Waals surface area (Å²) in [4.78, 5) is 0.440. The molecule has 0 bridgehead atoms. The molecule has 0 saturated heterocycles. The van der Waals surface area contributed by atoms with E-state index in [0.29, 0.717) is 32.9 Å². The zero-order valence-electron chi connectivity index (χ0n) is 10.2. The van der Waals surface area contributed by atoms with Crippen molar-refractivity contribution in [1.82, 2.24) is 0 Å². The summed E-state index contributed by atoms with van der Waals surface area (Å²) in [6.07, 6.45) is 0. The van der Waals surface area contributed by atoms with Gasteiger partial charge in [0.25, 0.3) is 5.76 Å². The Labute approximate surface area is 124 Å². The number of thioether (sulfide) groups is 1. The van der Waals surface area contributed by atoms with Crippen molar-refractivity contribution in [1.29, 1.82) is 0 Å². The van der Waals surface area contributed by atoms with Gasteiger partial charge in [-0.2, -0.15) is 8.78 Å². The van der Waals surface area contributed by atoms with Crippen molar-refractivity contribution in [3.8, 4) is 0 Å². The van der Waals surface area contributed by atoms with Gasteiger partial charge in [0, 0.05) is 22.2 Å². The molecule has 0 atom stereocenters. The Morgan fingerprint density at radius 3 is 2.65 bits per heavy atom. The molecule has 0 heterocycles. The van der Waals surface area contributed by atoms with E-state index in [-0.39, 0.29) is 12.4 Å². The Morgan fingerprint density at radius 1 is 1.15 bits per heavy atom. The third-order valence-electron chi connectivity index (χ3n) is 2.58. The number of nitrogens with one attached hydrogen (secondary N) is 1. The Kier molecular flexibility index (Phi) is 5.20. The second-order valence-electron chi connectivity index (χ2n) is 3.96. The molecule has 106 valence electrons. The van der Waals surface area contributed by atoms with E-state index in [9.17, 15) is 13.2 Å². The number of rotatable bonds is 5. The second kappa shape index (κ2) is 6.90. The van der Waals surface area contributed by atoms with Crippen molar-refractivity contribution < 1.29 is 13.2 Å². The number of hydrogen-bond acceptors (Lipinski definition) is 2. The molecule has 0 aromatic heterocycles. The van der Waals surface area contributed by atoms with E-state index in [0.717, 1.165) is 0 Å². The van der Waals surface area contributed by atoms with Crippen molar-refractivity contribution in [2.45, 2.75) is 17.2 Å². The van der Waals surface area contributed by atoms with Crippen LogP contribution >= 0.6 is 23.4 Å². The predicted molar refractivity (Wildman–Crippen MR) is 77.0 cm³/mol. The summed E-state index contributed by atoms with van der Waals surface area (Å²) in [6.45, 7) is 0.261. The summed E-state index contributed by atoms with van der Waals surface area (Å²) in [5.74, 6) is -2.88. The molecule has 2 aromatic carbocycles. The number of alkyl halides is 2. The van der Waals surface area contributed by atoms with Gasteiger partial charge in [-0.05, 0) is 35.9 Å². The summed E-state index contributed by atoms with van der Waals surface area (Å²) in [5, 5.41) is 3.43. The first-order valence-electron chi connectivity index (χ1n) is 5.78. The number of para-hydroxylation sites is 1. The van der Waals surface area contributed by atoms with E-state index < -0.39 is 5.76 Å². The van der Waals surface area contributed by atoms with Gasteiger partial charge in [0.15, 0.2) is 0 Å². The van der Waals surface area contributed by atoms with Crippen LogP contribution in [-0.4, -0.2) is 5.76 Å². The zero-order chi connectivity index (χ0) is 14.5. The predicted octanol–water partition coefficient (Wildman–Crippen LogP) is 5.41. The van der Waals surface area contributed by atoms with Crippen molar-refractivity contribution >= 4 is 29.1 Å². The first kappa shape index (κ1) is 15.1. The highest BCUT2D eigenvalue weighted by atomic mass is 35.5. The molecule has 2 rings (SSSR count). The van der Waals surface area contributed by atoms with E-state index in [1.165, 1.54) is 18.2 Å². The van der Waals surface area contributed by atoms with Crippen LogP contribution in [0.5, 0.6) is 0 Å². The molecular formula is C14H11ClF3NS. The van der Waals surface area contributed by atoms with E-state index in [2.05, 4.69) is 5.32 Å². The maximum absolute atomic E-state index is 13.1. The fourth-order valence-electron chi connectivity index (χ4n) is 1.68. The van der Waals surface area contributed by atoms with Gasteiger partial charge in [-0.15, -0.1) is 0 Å². The fraction of sp³-hybridized carbons (Fsp3) is 0.143. The summed E-state index contributed by atoms with van der Waals surface area (Å²) < 4.78 is 38.0. The lowest BCUT2D eigenvalue weighted by molar-refractivity contribution is 0.252. The van der Waals surface area contributed by atoms with Crippen LogP contribution in [0.1, 0.15) is 5.56 Å². The number of halogens is 4. The van der Waals surface area contributed by atoms with Crippen LogP contribution in [0.15, 0.2) is 47.4 Å². The van der Waals surface area contributed by atoms with Crippen molar-refractivity contribution in [3.63, 3.8) is 0 Å². The molecule has 0 saturated carbocycles. The van der Waals surface area contributed by atoms with E-state index in [1.807, 2.05) is 0 Å². The van der Waals surface area contributed by atoms with Gasteiger partial charge in [-0.3, -0.25) is 0 Å². The molecular weight excluding hydrogens is 307 g/mol. The third-order valence-corrected chi connectivity index (χ3v) is 3.74. The smallest absolute Gasteiger partial charge is 0.288 e. The summed E-state index contributed by atoms with van der Waals surface area (Å²) in [5.41, 5.74) is 1.14. The first-order valence-corrected chi connectivity index (χ1v) is 7.03. The van der Waals surface area contributed by atoms with Gasteiger partial charge >= 0.3 is 0 Å². The molecule has 1 nitrogen and oxygen atoms in total. The van der Waals surface area contributed by atoms with Gasteiger partial charge in [0.2, 0.25) is 0 Å². The summed E-state index contributed by atoms with van der Waals surface area (Å²) >= 11 is 6.42. The third kappa shape index (κ3) is 4.08. The normalized spacial score (nSPS) is 10.8. The molecule has 0 aliphatic carbocycles. The van der Waals surface area contributed by atoms with E-state index in [4.69, 9.17) is 11.6 Å². The minimum Gasteiger partial charge on any atom is -0.380 e. The monoisotopic (exact) mass is 317 g/mol. The maximum atomic E-state index is 13.1. The quantitative estimate of drug-likeness (QED) is 0.740. The average molecular weight is 318 g/mol. The Hall–Kier alpha value is -1.33. The Balaban J connectivity index is 2.12. The fourth-order valence-corrected chi connectivity index (χ4v) is 2.48. The first-order chi connectivity index (χ1) is 9.56. The summed E-state index contributed by atoms with van der Waals surface area (Å²) in [6, 6.07) is 10.8. The lowest BCUT2D eigenvalue weighted by Crippen LogP contribution is -2.02. The lowest BCUT2D eigenvalue weighted by atomic mass is 10.2. The van der Waals surface area contributed by atoms with Gasteiger partial charge in [-0.1, -0.05) is 35.5 Å². The molecule has 0 aliphatic rings. The molecule has 0 unspecified atom stereocenters. The van der Waals surface area contributed by atoms with E-state index >= 15 is 0 Å². The largest absolute Gasteiger partial charge is 0.380 e. The molecule has 0 amide bonds. The maximum Gasteiger partial charge on any atom is 0.288 e. The molecule has 6 heteroatoms. The van der Waals surface area contributed by atoms with E-state index in [1.54, 1.807) is 24.3 Å². The van der Waals surface area contributed by atoms with Crippen LogP contribution in [0.25, 0.3) is 0 Å². The van der Waals surface area contributed by atoms with Crippen LogP contribution in [0.4, 0.5) is 18.9 Å². The van der Waals surface area contributed by atoms with Gasteiger partial charge in [0.1, 0.15) is 5.82 Å². The average Bonchev–Trinajstić information content (AvgIpc) is 2.41. The Morgan fingerprint density at radius 2 is 1.90 bits per heavy atom. The topological polar surface area (TPSA) is 12.0 Å². The van der Waals surface area contributed by atoms with Gasteiger partial charge < -0.3 is 5.32 Å². The van der Waals surface area contributed by atoms with Crippen molar-refractivity contribution in [3.05, 3.63) is 58.9 Å². The second-order valence-corrected chi connectivity index (χ2v) is 5.40. The highest BCUT2D eigenvalue weighted by molar-refractivity contribution is 7.99.